The maximum absolute atomic E-state index is 11.3. The monoisotopic (exact) mass is 360 g/mol. The molecule has 142 valence electrons. The quantitative estimate of drug-likeness (QED) is 0.221. The van der Waals surface area contributed by atoms with Crippen LogP contribution in [-0.2, 0) is 23.7 Å². The van der Waals surface area contributed by atoms with Gasteiger partial charge in [-0.15, -0.1) is 0 Å². The van der Waals surface area contributed by atoms with Crippen molar-refractivity contribution in [1.82, 2.24) is 0 Å². The molecule has 0 aromatic heterocycles. The fourth-order valence-corrected chi connectivity index (χ4v) is 1.60. The molecule has 1 N–H and O–H groups in total. The summed E-state index contributed by atoms with van der Waals surface area (Å²) in [6.45, 7) is 0.668. The number of rotatable bonds is 14. The first kappa shape index (κ1) is 21.1. The normalized spacial score (nSPS) is 10.5. The highest BCUT2D eigenvalue weighted by molar-refractivity contribution is 5.74. The number of benzene rings is 1. The van der Waals surface area contributed by atoms with Crippen molar-refractivity contribution in [3.8, 4) is 17.2 Å². The van der Waals surface area contributed by atoms with E-state index in [9.17, 15) is 4.79 Å². The topological polar surface area (TPSA) is 102 Å². The van der Waals surface area contributed by atoms with Gasteiger partial charge in [0.1, 0.15) is 6.61 Å². The Labute approximate surface area is 146 Å². The lowest BCUT2D eigenvalue weighted by Crippen LogP contribution is -2.15. The molecule has 0 atom stereocenters. The van der Waals surface area contributed by atoms with Crippen molar-refractivity contribution in [2.24, 2.45) is 0 Å². The first-order valence-electron chi connectivity index (χ1n) is 7.56. The van der Waals surface area contributed by atoms with Gasteiger partial charge >= 0.3 is 5.97 Å². The smallest absolute Gasteiger partial charge is 0.337 e. The lowest BCUT2D eigenvalue weighted by molar-refractivity contribution is -0.137. The number of ether oxygens (including phenoxy) is 7. The van der Waals surface area contributed by atoms with Gasteiger partial charge in [0, 0.05) is 14.2 Å². The molecule has 0 unspecified atom stereocenters. The van der Waals surface area contributed by atoms with Crippen molar-refractivity contribution in [3.63, 3.8) is 0 Å². The predicted molar refractivity (Wildman–Crippen MR) is 85.8 cm³/mol. The Balaban J connectivity index is 2.71. The van der Waals surface area contributed by atoms with Crippen LogP contribution in [-0.4, -0.2) is 71.9 Å². The van der Waals surface area contributed by atoms with Gasteiger partial charge in [-0.3, -0.25) is 0 Å². The van der Waals surface area contributed by atoms with Gasteiger partial charge in [-0.1, -0.05) is 6.07 Å². The molecule has 9 nitrogen and oxygen atoms in total. The van der Waals surface area contributed by atoms with Gasteiger partial charge in [0.15, 0.2) is 25.1 Å². The second-order valence-electron chi connectivity index (χ2n) is 4.54. The van der Waals surface area contributed by atoms with Crippen molar-refractivity contribution >= 4 is 5.97 Å². The second-order valence-corrected chi connectivity index (χ2v) is 4.54. The third-order valence-electron chi connectivity index (χ3n) is 2.74. The average Bonchev–Trinajstić information content (AvgIpc) is 2.62. The van der Waals surface area contributed by atoms with Crippen LogP contribution in [0.2, 0.25) is 0 Å². The Morgan fingerprint density at radius 1 is 0.920 bits per heavy atom. The van der Waals surface area contributed by atoms with Crippen LogP contribution in [0.15, 0.2) is 18.2 Å². The Hall–Kier alpha value is -1.91. The lowest BCUT2D eigenvalue weighted by Gasteiger charge is -2.16. The highest BCUT2D eigenvalue weighted by atomic mass is 16.7. The van der Waals surface area contributed by atoms with Gasteiger partial charge < -0.3 is 38.3 Å². The molecule has 0 amide bonds. The molecule has 0 spiro atoms. The molecule has 1 rings (SSSR count). The minimum Gasteiger partial charge on any atom is -0.464 e. The van der Waals surface area contributed by atoms with E-state index in [1.54, 1.807) is 26.4 Å². The van der Waals surface area contributed by atoms with Gasteiger partial charge in [0.2, 0.25) is 5.75 Å². The summed E-state index contributed by atoms with van der Waals surface area (Å²) >= 11 is 0. The van der Waals surface area contributed by atoms with E-state index >= 15 is 0 Å². The number of aliphatic hydroxyl groups is 1. The first-order valence-corrected chi connectivity index (χ1v) is 7.56. The summed E-state index contributed by atoms with van der Waals surface area (Å²) < 4.78 is 36.2. The van der Waals surface area contributed by atoms with Gasteiger partial charge in [0.25, 0.3) is 0 Å². The van der Waals surface area contributed by atoms with Crippen molar-refractivity contribution in [1.29, 1.82) is 0 Å². The molecule has 9 heteroatoms. The zero-order chi connectivity index (χ0) is 18.3. The predicted octanol–water partition coefficient (Wildman–Crippen LogP) is 0.583. The van der Waals surface area contributed by atoms with E-state index in [0.717, 1.165) is 0 Å². The lowest BCUT2D eigenvalue weighted by atomic mass is 10.3. The maximum Gasteiger partial charge on any atom is 0.337 e. The fourth-order valence-electron chi connectivity index (χ4n) is 1.60. The van der Waals surface area contributed by atoms with E-state index in [4.69, 9.17) is 38.3 Å². The maximum atomic E-state index is 11.3. The summed E-state index contributed by atoms with van der Waals surface area (Å²) in [5, 5.41) is 8.84. The molecule has 1 aromatic carbocycles. The zero-order valence-electron chi connectivity index (χ0n) is 14.4. The Bertz CT molecular complexity index is 492. The summed E-state index contributed by atoms with van der Waals surface area (Å²) in [5.74, 6) is -0.254. The van der Waals surface area contributed by atoms with Crippen LogP contribution in [0, 0.1) is 0 Å². The fraction of sp³-hybridized carbons (Fsp3) is 0.562. The highest BCUT2D eigenvalue weighted by Gasteiger charge is 2.16. The summed E-state index contributed by atoms with van der Waals surface area (Å²) in [5.41, 5.74) is 0. The van der Waals surface area contributed by atoms with Gasteiger partial charge in [-0.2, -0.15) is 0 Å². The molecule has 0 aliphatic carbocycles. The van der Waals surface area contributed by atoms with Crippen LogP contribution in [0.1, 0.15) is 0 Å². The van der Waals surface area contributed by atoms with Crippen LogP contribution < -0.4 is 14.2 Å². The first-order chi connectivity index (χ1) is 12.2. The van der Waals surface area contributed by atoms with Crippen molar-refractivity contribution in [3.05, 3.63) is 18.2 Å². The standard InChI is InChI=1S/C16H24O9/c1-19-6-8-21-11-23-13-4-3-5-14(25-15(18)10-17)16(13)24-12-22-9-7-20-2/h3-5,17H,6-12H2,1-2H3. The molecular formula is C16H24O9. The molecule has 0 bridgehead atoms. The summed E-state index contributed by atoms with van der Waals surface area (Å²) in [7, 11) is 3.13. The number of carbonyl (C=O) groups excluding carboxylic acids is 1. The van der Waals surface area contributed by atoms with Crippen LogP contribution in [0.3, 0.4) is 0 Å². The minimum absolute atomic E-state index is 0.0400. The Kier molecular flexibility index (Phi) is 11.3. The van der Waals surface area contributed by atoms with Gasteiger partial charge in [-0.05, 0) is 12.1 Å². The molecule has 0 radical (unpaired) electrons. The zero-order valence-corrected chi connectivity index (χ0v) is 14.4. The molecule has 1 aromatic rings. The van der Waals surface area contributed by atoms with Gasteiger partial charge in [0.05, 0.1) is 26.4 Å². The number of methoxy groups -OCH3 is 2. The molecule has 0 saturated heterocycles. The summed E-state index contributed by atoms with van der Waals surface area (Å²) in [6.07, 6.45) is 0. The van der Waals surface area contributed by atoms with E-state index in [1.807, 2.05) is 0 Å². The molecular weight excluding hydrogens is 336 g/mol. The second kappa shape index (κ2) is 13.4. The van der Waals surface area contributed by atoms with E-state index in [1.165, 1.54) is 6.07 Å². The van der Waals surface area contributed by atoms with Crippen LogP contribution >= 0.6 is 0 Å². The van der Waals surface area contributed by atoms with Crippen LogP contribution in [0.4, 0.5) is 0 Å². The number of esters is 1. The van der Waals surface area contributed by atoms with Crippen molar-refractivity contribution < 1.29 is 43.1 Å². The van der Waals surface area contributed by atoms with E-state index in [0.29, 0.717) is 32.2 Å². The third kappa shape index (κ3) is 8.66. The van der Waals surface area contributed by atoms with E-state index < -0.39 is 12.6 Å². The molecule has 0 saturated carbocycles. The van der Waals surface area contributed by atoms with E-state index in [2.05, 4.69) is 0 Å². The third-order valence-corrected chi connectivity index (χ3v) is 2.74. The molecule has 25 heavy (non-hydrogen) atoms. The summed E-state index contributed by atoms with van der Waals surface area (Å²) in [4.78, 5) is 11.3. The molecule has 0 aliphatic heterocycles. The SMILES string of the molecule is COCCOCOc1cccc(OC(=O)CO)c1OCOCCOC. The molecule has 0 aliphatic rings. The Morgan fingerprint density at radius 2 is 1.52 bits per heavy atom. The molecule has 0 fully saturated rings. The highest BCUT2D eigenvalue weighted by Crippen LogP contribution is 2.37. The van der Waals surface area contributed by atoms with Crippen molar-refractivity contribution in [2.45, 2.75) is 0 Å². The average molecular weight is 360 g/mol. The Morgan fingerprint density at radius 3 is 2.12 bits per heavy atom. The number of hydrogen-bond donors (Lipinski definition) is 1. The minimum atomic E-state index is -0.821. The number of carbonyl (C=O) groups is 1. The number of para-hydroxylation sites is 1. The van der Waals surface area contributed by atoms with Gasteiger partial charge in [-0.25, -0.2) is 4.79 Å². The summed E-state index contributed by atoms with van der Waals surface area (Å²) in [6, 6.07) is 4.75. The van der Waals surface area contributed by atoms with Crippen molar-refractivity contribution in [2.75, 3.05) is 60.8 Å². The van der Waals surface area contributed by atoms with Crippen LogP contribution in [0.25, 0.3) is 0 Å². The molecule has 0 heterocycles. The van der Waals surface area contributed by atoms with Crippen LogP contribution in [0.5, 0.6) is 17.2 Å². The van der Waals surface area contributed by atoms with E-state index in [-0.39, 0.29) is 25.1 Å². The largest absolute Gasteiger partial charge is 0.464 e. The number of hydrogen-bond acceptors (Lipinski definition) is 9. The number of aliphatic hydroxyl groups excluding tert-OH is 1.